The molecule has 1 fully saturated rings. The van der Waals surface area contributed by atoms with Gasteiger partial charge in [-0.1, -0.05) is 0 Å². The summed E-state index contributed by atoms with van der Waals surface area (Å²) in [6.07, 6.45) is -1.69. The van der Waals surface area contributed by atoms with E-state index >= 15 is 0 Å². The Hall–Kier alpha value is -0.160. The molecule has 1 aliphatic rings. The Morgan fingerprint density at radius 1 is 1.64 bits per heavy atom. The molecule has 0 amide bonds. The van der Waals surface area contributed by atoms with E-state index in [1.807, 2.05) is 0 Å². The van der Waals surface area contributed by atoms with Crippen molar-refractivity contribution in [2.45, 2.75) is 37.9 Å². The standard InChI is InChI=1S/C7H14O4/c1-4(8)7-5(9)3-6(10-2)11-7/h4-9H,3H2,1-2H3/t4-,5+,6-,7+/m1/s1. The van der Waals surface area contributed by atoms with Crippen molar-refractivity contribution in [3.05, 3.63) is 0 Å². The van der Waals surface area contributed by atoms with Gasteiger partial charge in [0.1, 0.15) is 6.10 Å². The first-order valence-corrected chi connectivity index (χ1v) is 3.69. The summed E-state index contributed by atoms with van der Waals surface area (Å²) in [5, 5.41) is 18.4. The van der Waals surface area contributed by atoms with Crippen molar-refractivity contribution in [2.24, 2.45) is 0 Å². The molecule has 0 spiro atoms. The second-order valence-corrected chi connectivity index (χ2v) is 2.81. The zero-order valence-corrected chi connectivity index (χ0v) is 6.73. The molecule has 0 bridgehead atoms. The molecular formula is C7H14O4. The van der Waals surface area contributed by atoms with Gasteiger partial charge < -0.3 is 19.7 Å². The van der Waals surface area contributed by atoms with E-state index in [1.54, 1.807) is 6.92 Å². The molecule has 1 saturated heterocycles. The summed E-state index contributed by atoms with van der Waals surface area (Å²) < 4.78 is 10.0. The normalized spacial score (nSPS) is 40.9. The van der Waals surface area contributed by atoms with Crippen molar-refractivity contribution in [1.82, 2.24) is 0 Å². The predicted molar refractivity (Wildman–Crippen MR) is 38.0 cm³/mol. The van der Waals surface area contributed by atoms with Gasteiger partial charge in [0, 0.05) is 13.5 Å². The number of aliphatic hydroxyl groups excluding tert-OH is 2. The summed E-state index contributed by atoms with van der Waals surface area (Å²) in [6.45, 7) is 1.59. The van der Waals surface area contributed by atoms with Gasteiger partial charge in [-0.3, -0.25) is 0 Å². The van der Waals surface area contributed by atoms with E-state index in [9.17, 15) is 5.11 Å². The quantitative estimate of drug-likeness (QED) is 0.574. The average Bonchev–Trinajstić information content (AvgIpc) is 2.30. The van der Waals surface area contributed by atoms with Crippen LogP contribution in [-0.2, 0) is 9.47 Å². The van der Waals surface area contributed by atoms with Crippen molar-refractivity contribution < 1.29 is 19.7 Å². The van der Waals surface area contributed by atoms with Crippen molar-refractivity contribution >= 4 is 0 Å². The molecular weight excluding hydrogens is 148 g/mol. The second kappa shape index (κ2) is 3.49. The van der Waals surface area contributed by atoms with Crippen LogP contribution in [0.5, 0.6) is 0 Å². The molecule has 1 heterocycles. The Morgan fingerprint density at radius 3 is 2.55 bits per heavy atom. The predicted octanol–water partition coefficient (Wildman–Crippen LogP) is -0.510. The molecule has 4 atom stereocenters. The summed E-state index contributed by atoms with van der Waals surface area (Å²) in [5.41, 5.74) is 0. The molecule has 2 N–H and O–H groups in total. The Morgan fingerprint density at radius 2 is 2.27 bits per heavy atom. The van der Waals surface area contributed by atoms with Crippen LogP contribution in [-0.4, -0.2) is 41.9 Å². The summed E-state index contributed by atoms with van der Waals surface area (Å²) in [4.78, 5) is 0. The number of hydrogen-bond donors (Lipinski definition) is 2. The van der Waals surface area contributed by atoms with E-state index in [0.717, 1.165) is 0 Å². The molecule has 0 unspecified atom stereocenters. The number of methoxy groups -OCH3 is 1. The molecule has 0 aliphatic carbocycles. The Labute approximate surface area is 65.7 Å². The van der Waals surface area contributed by atoms with E-state index in [4.69, 9.17) is 14.6 Å². The maximum Gasteiger partial charge on any atom is 0.160 e. The van der Waals surface area contributed by atoms with Gasteiger partial charge in [-0.05, 0) is 6.92 Å². The number of rotatable bonds is 2. The van der Waals surface area contributed by atoms with Gasteiger partial charge >= 0.3 is 0 Å². The highest BCUT2D eigenvalue weighted by Crippen LogP contribution is 2.22. The number of hydrogen-bond acceptors (Lipinski definition) is 4. The van der Waals surface area contributed by atoms with Gasteiger partial charge in [0.15, 0.2) is 6.29 Å². The first-order valence-electron chi connectivity index (χ1n) is 3.69. The SMILES string of the molecule is CO[C@H]1C[C@H](O)[C@H]([C@@H](C)O)O1. The monoisotopic (exact) mass is 162 g/mol. The minimum atomic E-state index is -0.648. The lowest BCUT2D eigenvalue weighted by Crippen LogP contribution is -2.32. The third-order valence-corrected chi connectivity index (χ3v) is 1.86. The lowest BCUT2D eigenvalue weighted by molar-refractivity contribution is -0.141. The van der Waals surface area contributed by atoms with Crippen LogP contribution in [0.4, 0.5) is 0 Å². The third-order valence-electron chi connectivity index (χ3n) is 1.86. The van der Waals surface area contributed by atoms with Gasteiger partial charge in [0.05, 0.1) is 12.2 Å². The fourth-order valence-electron chi connectivity index (χ4n) is 1.24. The van der Waals surface area contributed by atoms with E-state index in [-0.39, 0.29) is 6.29 Å². The topological polar surface area (TPSA) is 58.9 Å². The molecule has 0 saturated carbocycles. The molecule has 4 heteroatoms. The molecule has 1 rings (SSSR count). The number of aliphatic hydroxyl groups is 2. The van der Waals surface area contributed by atoms with Gasteiger partial charge in [0.2, 0.25) is 0 Å². The minimum absolute atomic E-state index is 0.371. The average molecular weight is 162 g/mol. The summed E-state index contributed by atoms with van der Waals surface area (Å²) >= 11 is 0. The Balaban J connectivity index is 2.45. The highest BCUT2D eigenvalue weighted by molar-refractivity contribution is 4.81. The smallest absolute Gasteiger partial charge is 0.160 e. The fraction of sp³-hybridized carbons (Fsp3) is 1.00. The van der Waals surface area contributed by atoms with Crippen LogP contribution >= 0.6 is 0 Å². The lowest BCUT2D eigenvalue weighted by Gasteiger charge is -2.16. The Bertz CT molecular complexity index is 126. The van der Waals surface area contributed by atoms with Crippen LogP contribution in [0, 0.1) is 0 Å². The molecule has 0 aromatic rings. The molecule has 1 aliphatic heterocycles. The van der Waals surface area contributed by atoms with Gasteiger partial charge in [-0.15, -0.1) is 0 Å². The van der Waals surface area contributed by atoms with Gasteiger partial charge in [-0.2, -0.15) is 0 Å². The first-order chi connectivity index (χ1) is 5.15. The maximum atomic E-state index is 9.30. The zero-order chi connectivity index (χ0) is 8.43. The third kappa shape index (κ3) is 1.90. The molecule has 4 nitrogen and oxygen atoms in total. The Kier molecular flexibility index (Phi) is 2.84. The van der Waals surface area contributed by atoms with E-state index in [1.165, 1.54) is 7.11 Å². The highest BCUT2D eigenvalue weighted by atomic mass is 16.7. The zero-order valence-electron chi connectivity index (χ0n) is 6.73. The van der Waals surface area contributed by atoms with Crippen LogP contribution < -0.4 is 0 Å². The minimum Gasteiger partial charge on any atom is -0.391 e. The second-order valence-electron chi connectivity index (χ2n) is 2.81. The summed E-state index contributed by atoms with van der Waals surface area (Å²) in [7, 11) is 1.52. The van der Waals surface area contributed by atoms with E-state index < -0.39 is 18.3 Å². The van der Waals surface area contributed by atoms with Gasteiger partial charge in [-0.25, -0.2) is 0 Å². The van der Waals surface area contributed by atoms with Crippen molar-refractivity contribution in [2.75, 3.05) is 7.11 Å². The van der Waals surface area contributed by atoms with Crippen molar-refractivity contribution in [1.29, 1.82) is 0 Å². The highest BCUT2D eigenvalue weighted by Gasteiger charge is 2.36. The van der Waals surface area contributed by atoms with E-state index in [0.29, 0.717) is 6.42 Å². The summed E-state index contributed by atoms with van der Waals surface area (Å²) in [5.74, 6) is 0. The van der Waals surface area contributed by atoms with Gasteiger partial charge in [0.25, 0.3) is 0 Å². The van der Waals surface area contributed by atoms with Crippen molar-refractivity contribution in [3.8, 4) is 0 Å². The van der Waals surface area contributed by atoms with E-state index in [2.05, 4.69) is 0 Å². The molecule has 0 aromatic carbocycles. The molecule has 0 radical (unpaired) electrons. The van der Waals surface area contributed by atoms with Crippen LogP contribution in [0.15, 0.2) is 0 Å². The van der Waals surface area contributed by atoms with Crippen LogP contribution in [0.1, 0.15) is 13.3 Å². The van der Waals surface area contributed by atoms with Crippen molar-refractivity contribution in [3.63, 3.8) is 0 Å². The maximum absolute atomic E-state index is 9.30. The molecule has 11 heavy (non-hydrogen) atoms. The fourth-order valence-corrected chi connectivity index (χ4v) is 1.24. The van der Waals surface area contributed by atoms with Crippen LogP contribution in [0.3, 0.4) is 0 Å². The first kappa shape index (κ1) is 8.93. The largest absolute Gasteiger partial charge is 0.391 e. The van der Waals surface area contributed by atoms with Crippen LogP contribution in [0.25, 0.3) is 0 Å². The molecule has 66 valence electrons. The summed E-state index contributed by atoms with van der Waals surface area (Å²) in [6, 6.07) is 0. The molecule has 0 aromatic heterocycles. The van der Waals surface area contributed by atoms with Crippen LogP contribution in [0.2, 0.25) is 0 Å². The number of ether oxygens (including phenoxy) is 2. The lowest BCUT2D eigenvalue weighted by atomic mass is 10.1.